The molecule has 1 N–H and O–H groups in total. The van der Waals surface area contributed by atoms with Crippen molar-refractivity contribution in [3.8, 4) is 23.0 Å². The average Bonchev–Trinajstić information content (AvgIpc) is 3.69. The number of para-hydroxylation sites is 1. The number of methoxy groups -OCH3 is 4. The Morgan fingerprint density at radius 3 is 2.22 bits per heavy atom. The van der Waals surface area contributed by atoms with Gasteiger partial charge in [0.25, 0.3) is 11.8 Å². The maximum absolute atomic E-state index is 13.8. The Bertz CT molecular complexity index is 1690. The zero-order valence-corrected chi connectivity index (χ0v) is 26.5. The molecule has 12 nitrogen and oxygen atoms in total. The van der Waals surface area contributed by atoms with Gasteiger partial charge in [0.2, 0.25) is 0 Å². The number of rotatable bonds is 12. The maximum atomic E-state index is 13.8. The van der Waals surface area contributed by atoms with Crippen molar-refractivity contribution in [2.75, 3.05) is 34.2 Å². The second-order valence-corrected chi connectivity index (χ2v) is 10.9. The second kappa shape index (κ2) is 14.2. The SMILES string of the molecule is COc1ccc(C(=O)NCc2nnc(SCC(=O)N3N=C(c4ccc(OC)cc4)CC3c3cccc(OC)c3OC)n2C)cc1. The Kier molecular flexibility index (Phi) is 9.88. The van der Waals surface area contributed by atoms with Crippen LogP contribution in [0.3, 0.4) is 0 Å². The Balaban J connectivity index is 1.31. The van der Waals surface area contributed by atoms with Gasteiger partial charge in [-0.05, 0) is 60.2 Å². The average molecular weight is 631 g/mol. The summed E-state index contributed by atoms with van der Waals surface area (Å²) in [5, 5.41) is 18.1. The lowest BCUT2D eigenvalue weighted by molar-refractivity contribution is -0.130. The van der Waals surface area contributed by atoms with Crippen molar-refractivity contribution in [1.82, 2.24) is 25.1 Å². The fraction of sp³-hybridized carbons (Fsp3) is 0.281. The van der Waals surface area contributed by atoms with E-state index in [1.54, 1.807) is 64.3 Å². The number of aromatic nitrogens is 3. The number of ether oxygens (including phenoxy) is 4. The minimum atomic E-state index is -0.413. The fourth-order valence-corrected chi connectivity index (χ4v) is 5.72. The number of carbonyl (C=O) groups excluding carboxylic acids is 2. The van der Waals surface area contributed by atoms with Gasteiger partial charge >= 0.3 is 0 Å². The van der Waals surface area contributed by atoms with E-state index in [1.165, 1.54) is 16.8 Å². The molecule has 1 aliphatic heterocycles. The highest BCUT2D eigenvalue weighted by Crippen LogP contribution is 2.42. The molecule has 5 rings (SSSR count). The minimum absolute atomic E-state index is 0.0619. The Morgan fingerprint density at radius 1 is 0.889 bits per heavy atom. The molecule has 2 heterocycles. The lowest BCUT2D eigenvalue weighted by Crippen LogP contribution is -2.29. The molecule has 0 bridgehead atoms. The summed E-state index contributed by atoms with van der Waals surface area (Å²) in [5.41, 5.74) is 2.94. The number of hydrogen-bond donors (Lipinski definition) is 1. The molecule has 45 heavy (non-hydrogen) atoms. The third kappa shape index (κ3) is 6.88. The summed E-state index contributed by atoms with van der Waals surface area (Å²) < 4.78 is 23.4. The van der Waals surface area contributed by atoms with Crippen molar-refractivity contribution in [2.45, 2.75) is 24.2 Å². The van der Waals surface area contributed by atoms with E-state index in [-0.39, 0.29) is 24.1 Å². The van der Waals surface area contributed by atoms with Gasteiger partial charge < -0.3 is 28.8 Å². The molecule has 0 saturated heterocycles. The summed E-state index contributed by atoms with van der Waals surface area (Å²) in [6.07, 6.45) is 0.480. The number of thioether (sulfide) groups is 1. The van der Waals surface area contributed by atoms with E-state index in [9.17, 15) is 9.59 Å². The van der Waals surface area contributed by atoms with Crippen LogP contribution in [0, 0.1) is 0 Å². The van der Waals surface area contributed by atoms with Gasteiger partial charge in [-0.1, -0.05) is 23.9 Å². The lowest BCUT2D eigenvalue weighted by Gasteiger charge is -2.24. The smallest absolute Gasteiger partial charge is 0.253 e. The number of carbonyl (C=O) groups is 2. The van der Waals surface area contributed by atoms with Crippen LogP contribution in [0.1, 0.15) is 39.8 Å². The molecular formula is C32H34N6O6S. The monoisotopic (exact) mass is 630 g/mol. The first-order valence-electron chi connectivity index (χ1n) is 14.0. The first kappa shape index (κ1) is 31.4. The molecule has 1 atom stereocenters. The van der Waals surface area contributed by atoms with E-state index < -0.39 is 6.04 Å². The minimum Gasteiger partial charge on any atom is -0.497 e. The lowest BCUT2D eigenvalue weighted by atomic mass is 9.97. The standard InChI is InChI=1S/C32H34N6O6S/c1-37-28(18-33-31(40)21-11-15-23(42-3)16-12-21)34-35-32(37)45-19-29(39)38-26(24-7-6-8-27(43-4)30(24)44-5)17-25(36-38)20-9-13-22(41-2)14-10-20/h6-16,26H,17-19H2,1-5H3,(H,33,40). The molecule has 0 fully saturated rings. The van der Waals surface area contributed by atoms with Crippen LogP contribution in [0.2, 0.25) is 0 Å². The zero-order valence-electron chi connectivity index (χ0n) is 25.6. The van der Waals surface area contributed by atoms with Gasteiger partial charge in [-0.25, -0.2) is 5.01 Å². The van der Waals surface area contributed by atoms with Gasteiger partial charge in [0.1, 0.15) is 11.5 Å². The molecular weight excluding hydrogens is 596 g/mol. The number of nitrogens with one attached hydrogen (secondary N) is 1. The van der Waals surface area contributed by atoms with Gasteiger partial charge in [0, 0.05) is 24.6 Å². The molecule has 0 spiro atoms. The molecule has 234 valence electrons. The maximum Gasteiger partial charge on any atom is 0.253 e. The van der Waals surface area contributed by atoms with Gasteiger partial charge in [-0.3, -0.25) is 9.59 Å². The fourth-order valence-electron chi connectivity index (χ4n) is 4.94. The van der Waals surface area contributed by atoms with Crippen LogP contribution in [-0.4, -0.2) is 71.5 Å². The summed E-state index contributed by atoms with van der Waals surface area (Å²) in [7, 11) is 8.13. The van der Waals surface area contributed by atoms with Crippen LogP contribution in [-0.2, 0) is 18.4 Å². The molecule has 0 aliphatic carbocycles. The topological polar surface area (TPSA) is 129 Å². The molecule has 0 radical (unpaired) electrons. The van der Waals surface area contributed by atoms with Gasteiger partial charge in [0.05, 0.1) is 52.5 Å². The first-order chi connectivity index (χ1) is 21.9. The number of amides is 2. The highest BCUT2D eigenvalue weighted by Gasteiger charge is 2.35. The third-order valence-electron chi connectivity index (χ3n) is 7.39. The summed E-state index contributed by atoms with van der Waals surface area (Å²) >= 11 is 1.24. The zero-order chi connectivity index (χ0) is 31.9. The first-order valence-corrected chi connectivity index (χ1v) is 15.0. The van der Waals surface area contributed by atoms with Crippen LogP contribution in [0.25, 0.3) is 0 Å². The molecule has 1 unspecified atom stereocenters. The third-order valence-corrected chi connectivity index (χ3v) is 8.40. The Morgan fingerprint density at radius 2 is 1.58 bits per heavy atom. The largest absolute Gasteiger partial charge is 0.497 e. The van der Waals surface area contributed by atoms with Crippen LogP contribution >= 0.6 is 11.8 Å². The quantitative estimate of drug-likeness (QED) is 0.229. The predicted molar refractivity (Wildman–Crippen MR) is 169 cm³/mol. The normalized spacial score (nSPS) is 14.1. The van der Waals surface area contributed by atoms with E-state index in [0.717, 1.165) is 22.6 Å². The second-order valence-electron chi connectivity index (χ2n) is 9.97. The highest BCUT2D eigenvalue weighted by molar-refractivity contribution is 7.99. The molecule has 1 aromatic heterocycles. The molecule has 2 amide bonds. The number of hydrazone groups is 1. The molecule has 1 aliphatic rings. The molecule has 4 aromatic rings. The van der Waals surface area contributed by atoms with Crippen molar-refractivity contribution < 1.29 is 28.5 Å². The molecule has 0 saturated carbocycles. The van der Waals surface area contributed by atoms with Crippen molar-refractivity contribution in [3.05, 3.63) is 89.2 Å². The summed E-state index contributed by atoms with van der Waals surface area (Å²) in [6.45, 7) is 0.169. The van der Waals surface area contributed by atoms with Gasteiger partial charge in [0.15, 0.2) is 22.5 Å². The summed E-state index contributed by atoms with van der Waals surface area (Å²) in [6, 6.07) is 19.6. The van der Waals surface area contributed by atoms with Crippen molar-refractivity contribution in [1.29, 1.82) is 0 Å². The van der Waals surface area contributed by atoms with Crippen molar-refractivity contribution in [3.63, 3.8) is 0 Å². The van der Waals surface area contributed by atoms with E-state index in [4.69, 9.17) is 24.0 Å². The van der Waals surface area contributed by atoms with Crippen LogP contribution in [0.4, 0.5) is 0 Å². The molecule has 3 aromatic carbocycles. The van der Waals surface area contributed by atoms with E-state index >= 15 is 0 Å². The number of benzene rings is 3. The van der Waals surface area contributed by atoms with E-state index in [1.807, 2.05) is 42.5 Å². The van der Waals surface area contributed by atoms with E-state index in [0.29, 0.717) is 40.2 Å². The van der Waals surface area contributed by atoms with E-state index in [2.05, 4.69) is 15.5 Å². The van der Waals surface area contributed by atoms with Crippen LogP contribution < -0.4 is 24.3 Å². The number of hydrogen-bond acceptors (Lipinski definition) is 10. The van der Waals surface area contributed by atoms with Crippen molar-refractivity contribution >= 4 is 29.3 Å². The van der Waals surface area contributed by atoms with Gasteiger partial charge in [-0.2, -0.15) is 5.10 Å². The predicted octanol–water partition coefficient (Wildman–Crippen LogP) is 4.25. The highest BCUT2D eigenvalue weighted by atomic mass is 32.2. The Labute approximate surface area is 265 Å². The van der Waals surface area contributed by atoms with Crippen LogP contribution in [0.5, 0.6) is 23.0 Å². The molecule has 13 heteroatoms. The Hall–Kier alpha value is -5.04. The summed E-state index contributed by atoms with van der Waals surface area (Å²) in [4.78, 5) is 26.3. The van der Waals surface area contributed by atoms with Crippen molar-refractivity contribution in [2.24, 2.45) is 12.1 Å². The van der Waals surface area contributed by atoms with Crippen LogP contribution in [0.15, 0.2) is 77.0 Å². The number of nitrogens with zero attached hydrogens (tertiary/aromatic N) is 5. The summed E-state index contributed by atoms with van der Waals surface area (Å²) in [5.74, 6) is 2.67. The van der Waals surface area contributed by atoms with Gasteiger partial charge in [-0.15, -0.1) is 10.2 Å².